The maximum atomic E-state index is 12.4. The first-order valence-corrected chi connectivity index (χ1v) is 6.10. The van der Waals surface area contributed by atoms with Gasteiger partial charge in [0.1, 0.15) is 6.07 Å². The highest BCUT2D eigenvalue weighted by Crippen LogP contribution is 2.33. The van der Waals surface area contributed by atoms with Crippen molar-refractivity contribution in [2.75, 3.05) is 5.32 Å². The lowest BCUT2D eigenvalue weighted by Crippen LogP contribution is -2.00. The molecule has 4 nitrogen and oxygen atoms in total. The SMILES string of the molecule is N#Cc1nccnc1Nc1ccccc1SC(F)F. The molecule has 7 heteroatoms. The number of hydrogen-bond acceptors (Lipinski definition) is 5. The topological polar surface area (TPSA) is 61.6 Å². The smallest absolute Gasteiger partial charge is 0.288 e. The van der Waals surface area contributed by atoms with E-state index in [1.165, 1.54) is 12.4 Å². The van der Waals surface area contributed by atoms with E-state index in [-0.39, 0.29) is 11.5 Å². The van der Waals surface area contributed by atoms with Crippen molar-refractivity contribution in [3.05, 3.63) is 42.4 Å². The molecule has 0 aliphatic carbocycles. The van der Waals surface area contributed by atoms with Gasteiger partial charge < -0.3 is 5.32 Å². The van der Waals surface area contributed by atoms with E-state index in [2.05, 4.69) is 15.3 Å². The highest BCUT2D eigenvalue weighted by molar-refractivity contribution is 7.99. The summed E-state index contributed by atoms with van der Waals surface area (Å²) >= 11 is 0.431. The second kappa shape index (κ2) is 6.11. The van der Waals surface area contributed by atoms with Crippen LogP contribution in [0.3, 0.4) is 0 Å². The molecular weight excluding hydrogens is 270 g/mol. The molecule has 2 rings (SSSR count). The third-order valence-corrected chi connectivity index (χ3v) is 2.95. The number of hydrogen-bond donors (Lipinski definition) is 1. The second-order valence-corrected chi connectivity index (χ2v) is 4.40. The molecule has 19 heavy (non-hydrogen) atoms. The van der Waals surface area contributed by atoms with Crippen LogP contribution in [0, 0.1) is 11.3 Å². The Hall–Kier alpha value is -2.20. The van der Waals surface area contributed by atoms with Gasteiger partial charge in [0.05, 0.1) is 5.69 Å². The van der Waals surface area contributed by atoms with Crippen molar-refractivity contribution in [2.45, 2.75) is 10.7 Å². The van der Waals surface area contributed by atoms with Crippen LogP contribution in [-0.2, 0) is 0 Å². The van der Waals surface area contributed by atoms with Gasteiger partial charge in [-0.05, 0) is 12.1 Å². The molecule has 1 N–H and O–H groups in total. The van der Waals surface area contributed by atoms with E-state index >= 15 is 0 Å². The molecule has 0 saturated carbocycles. The number of nitrogens with one attached hydrogen (secondary N) is 1. The van der Waals surface area contributed by atoms with Crippen molar-refractivity contribution in [3.8, 4) is 6.07 Å². The second-order valence-electron chi connectivity index (χ2n) is 3.37. The van der Waals surface area contributed by atoms with Crippen molar-refractivity contribution >= 4 is 23.3 Å². The lowest BCUT2D eigenvalue weighted by Gasteiger charge is -2.10. The number of anilines is 2. The van der Waals surface area contributed by atoms with Crippen LogP contribution >= 0.6 is 11.8 Å². The maximum Gasteiger partial charge on any atom is 0.288 e. The van der Waals surface area contributed by atoms with E-state index in [0.717, 1.165) is 0 Å². The first kappa shape index (κ1) is 13.2. The number of nitrogens with zero attached hydrogens (tertiary/aromatic N) is 3. The number of thioether (sulfide) groups is 1. The summed E-state index contributed by atoms with van der Waals surface area (Å²) in [5.41, 5.74) is 0.573. The van der Waals surface area contributed by atoms with E-state index in [4.69, 9.17) is 5.26 Å². The Morgan fingerprint density at radius 3 is 2.68 bits per heavy atom. The molecule has 0 fully saturated rings. The highest BCUT2D eigenvalue weighted by Gasteiger charge is 2.11. The third-order valence-electron chi connectivity index (χ3n) is 2.16. The van der Waals surface area contributed by atoms with Gasteiger partial charge in [-0.1, -0.05) is 23.9 Å². The van der Waals surface area contributed by atoms with Gasteiger partial charge in [-0.3, -0.25) is 0 Å². The summed E-state index contributed by atoms with van der Waals surface area (Å²) in [6, 6.07) is 8.47. The predicted octanol–water partition coefficient (Wildman–Crippen LogP) is 3.41. The number of benzene rings is 1. The van der Waals surface area contributed by atoms with Crippen LogP contribution in [0.15, 0.2) is 41.6 Å². The predicted molar refractivity (Wildman–Crippen MR) is 68.3 cm³/mol. The molecule has 1 heterocycles. The standard InChI is InChI=1S/C12H8F2N4S/c13-12(14)19-10-4-2-1-3-8(10)18-11-9(7-15)16-5-6-17-11/h1-6,12H,(H,17,18). The Morgan fingerprint density at radius 1 is 1.21 bits per heavy atom. The molecule has 1 aromatic heterocycles. The monoisotopic (exact) mass is 278 g/mol. The van der Waals surface area contributed by atoms with Crippen molar-refractivity contribution in [1.82, 2.24) is 9.97 Å². The molecule has 0 atom stereocenters. The number of nitriles is 1. The summed E-state index contributed by atoms with van der Waals surface area (Å²) in [5.74, 6) is -2.27. The van der Waals surface area contributed by atoms with Crippen molar-refractivity contribution in [1.29, 1.82) is 5.26 Å². The van der Waals surface area contributed by atoms with Gasteiger partial charge in [0.2, 0.25) is 0 Å². The van der Waals surface area contributed by atoms with Crippen LogP contribution in [0.5, 0.6) is 0 Å². The molecular formula is C12H8F2N4S. The molecule has 1 aromatic carbocycles. The molecule has 0 saturated heterocycles. The summed E-state index contributed by atoms with van der Waals surface area (Å²) in [7, 11) is 0. The highest BCUT2D eigenvalue weighted by atomic mass is 32.2. The first-order chi connectivity index (χ1) is 9.20. The first-order valence-electron chi connectivity index (χ1n) is 5.22. The fourth-order valence-corrected chi connectivity index (χ4v) is 2.00. The van der Waals surface area contributed by atoms with Crippen LogP contribution in [-0.4, -0.2) is 15.7 Å². The summed E-state index contributed by atoms with van der Waals surface area (Å²) in [5, 5.41) is 11.7. The van der Waals surface area contributed by atoms with E-state index < -0.39 is 5.76 Å². The number of halogens is 2. The van der Waals surface area contributed by atoms with Gasteiger partial charge in [0, 0.05) is 17.3 Å². The average molecular weight is 278 g/mol. The summed E-state index contributed by atoms with van der Waals surface area (Å²) in [6.07, 6.45) is 2.82. The van der Waals surface area contributed by atoms with E-state index in [0.29, 0.717) is 22.3 Å². The van der Waals surface area contributed by atoms with Gasteiger partial charge in [0.25, 0.3) is 5.76 Å². The summed E-state index contributed by atoms with van der Waals surface area (Å²) in [4.78, 5) is 8.20. The Balaban J connectivity index is 2.31. The van der Waals surface area contributed by atoms with E-state index in [1.54, 1.807) is 24.3 Å². The Morgan fingerprint density at radius 2 is 1.95 bits per heavy atom. The molecule has 0 amide bonds. The van der Waals surface area contributed by atoms with Gasteiger partial charge in [-0.2, -0.15) is 14.0 Å². The lowest BCUT2D eigenvalue weighted by atomic mass is 10.3. The fourth-order valence-electron chi connectivity index (χ4n) is 1.41. The quantitative estimate of drug-likeness (QED) is 0.868. The minimum atomic E-state index is -2.51. The molecule has 0 radical (unpaired) electrons. The van der Waals surface area contributed by atoms with Crippen LogP contribution in [0.25, 0.3) is 0 Å². The van der Waals surface area contributed by atoms with E-state index in [9.17, 15) is 8.78 Å². The van der Waals surface area contributed by atoms with Crippen LogP contribution in [0.2, 0.25) is 0 Å². The van der Waals surface area contributed by atoms with Gasteiger partial charge in [-0.15, -0.1) is 0 Å². The van der Waals surface area contributed by atoms with Crippen molar-refractivity contribution in [2.24, 2.45) is 0 Å². The molecule has 0 unspecified atom stereocenters. The van der Waals surface area contributed by atoms with Gasteiger partial charge in [0.15, 0.2) is 11.5 Å². The van der Waals surface area contributed by atoms with E-state index in [1.807, 2.05) is 6.07 Å². The minimum absolute atomic E-state index is 0.111. The number of para-hydroxylation sites is 1. The summed E-state index contributed by atoms with van der Waals surface area (Å²) < 4.78 is 24.9. The number of aromatic nitrogens is 2. The maximum absolute atomic E-state index is 12.4. The Bertz CT molecular complexity index is 613. The molecule has 0 spiro atoms. The number of alkyl halides is 2. The van der Waals surface area contributed by atoms with Crippen LogP contribution in [0.1, 0.15) is 5.69 Å². The normalized spacial score (nSPS) is 10.2. The zero-order valence-corrected chi connectivity index (χ0v) is 10.4. The van der Waals surface area contributed by atoms with Crippen LogP contribution < -0.4 is 5.32 Å². The minimum Gasteiger partial charge on any atom is -0.337 e. The zero-order valence-electron chi connectivity index (χ0n) is 9.55. The Labute approximate surface area is 112 Å². The number of rotatable bonds is 4. The summed E-state index contributed by atoms with van der Waals surface area (Å²) in [6.45, 7) is 0. The van der Waals surface area contributed by atoms with Crippen LogP contribution in [0.4, 0.5) is 20.3 Å². The molecule has 0 aliphatic heterocycles. The van der Waals surface area contributed by atoms with Gasteiger partial charge >= 0.3 is 0 Å². The Kier molecular flexibility index (Phi) is 4.26. The fraction of sp³-hybridized carbons (Fsp3) is 0.0833. The molecule has 96 valence electrons. The molecule has 0 bridgehead atoms. The third kappa shape index (κ3) is 3.39. The largest absolute Gasteiger partial charge is 0.337 e. The molecule has 0 aliphatic rings. The average Bonchev–Trinajstić information content (AvgIpc) is 2.41. The zero-order chi connectivity index (χ0) is 13.7. The van der Waals surface area contributed by atoms with Crippen molar-refractivity contribution < 1.29 is 8.78 Å². The lowest BCUT2D eigenvalue weighted by molar-refractivity contribution is 0.252. The molecule has 2 aromatic rings. The van der Waals surface area contributed by atoms with Crippen molar-refractivity contribution in [3.63, 3.8) is 0 Å². The van der Waals surface area contributed by atoms with Gasteiger partial charge in [-0.25, -0.2) is 9.97 Å².